The van der Waals surface area contributed by atoms with Crippen molar-refractivity contribution in [1.29, 1.82) is 0 Å². The Morgan fingerprint density at radius 1 is 1.36 bits per heavy atom. The average Bonchev–Trinajstić information content (AvgIpc) is 3.34. The Morgan fingerprint density at radius 2 is 2.21 bits per heavy atom. The minimum Gasteiger partial charge on any atom is -0.381 e. The van der Waals surface area contributed by atoms with Crippen LogP contribution in [0.25, 0.3) is 0 Å². The maximum atomic E-state index is 12.1. The number of amides is 1. The van der Waals surface area contributed by atoms with E-state index in [1.165, 1.54) is 6.42 Å². The number of guanidine groups is 1. The van der Waals surface area contributed by atoms with Gasteiger partial charge in [0.1, 0.15) is 0 Å². The number of ether oxygens (including phenoxy) is 1. The Kier molecular flexibility index (Phi) is 6.94. The monoisotopic (exact) mass is 386 g/mol. The van der Waals surface area contributed by atoms with E-state index in [2.05, 4.69) is 28.5 Å². The third kappa shape index (κ3) is 5.04. The number of aliphatic imine (C=N–C) groups is 1. The molecule has 2 N–H and O–H groups in total. The highest BCUT2D eigenvalue weighted by Gasteiger charge is 2.42. The van der Waals surface area contributed by atoms with Gasteiger partial charge in [0.15, 0.2) is 5.96 Å². The number of likely N-dealkylation sites (tertiary alicyclic amines) is 1. The van der Waals surface area contributed by atoms with Gasteiger partial charge in [-0.25, -0.2) is 4.99 Å². The fourth-order valence-corrected chi connectivity index (χ4v) is 3.88. The molecule has 0 bridgehead atoms. The van der Waals surface area contributed by atoms with E-state index in [0.717, 1.165) is 62.9 Å². The van der Waals surface area contributed by atoms with Crippen LogP contribution in [0.1, 0.15) is 45.6 Å². The number of nitrogens with zero attached hydrogens (tertiary/aromatic N) is 2. The van der Waals surface area contributed by atoms with Gasteiger partial charge >= 0.3 is 0 Å². The molecule has 2 fully saturated rings. The second kappa shape index (κ2) is 9.41. The molecule has 0 saturated carbocycles. The molecule has 0 radical (unpaired) electrons. The van der Waals surface area contributed by atoms with Crippen LogP contribution in [0.15, 0.2) is 29.3 Å². The van der Waals surface area contributed by atoms with Crippen molar-refractivity contribution in [3.8, 4) is 0 Å². The summed E-state index contributed by atoms with van der Waals surface area (Å²) in [4.78, 5) is 19.4. The molecule has 3 rings (SSSR count). The van der Waals surface area contributed by atoms with E-state index >= 15 is 0 Å². The SMILES string of the molecule is CCNC(=NCc1cccc(NC(=O)C(C)CC)c1)N1CCC2(CCOC2)C1. The first-order valence-electron chi connectivity index (χ1n) is 10.6. The van der Waals surface area contributed by atoms with Crippen LogP contribution >= 0.6 is 0 Å². The van der Waals surface area contributed by atoms with E-state index in [9.17, 15) is 4.79 Å². The third-order valence-electron chi connectivity index (χ3n) is 5.92. The molecule has 6 heteroatoms. The van der Waals surface area contributed by atoms with Crippen molar-refractivity contribution >= 4 is 17.6 Å². The number of carbonyl (C=O) groups is 1. The summed E-state index contributed by atoms with van der Waals surface area (Å²) in [6.45, 7) is 11.3. The average molecular weight is 387 g/mol. The first kappa shape index (κ1) is 20.6. The summed E-state index contributed by atoms with van der Waals surface area (Å²) in [5, 5.41) is 6.44. The lowest BCUT2D eigenvalue weighted by Gasteiger charge is -2.25. The lowest BCUT2D eigenvalue weighted by molar-refractivity contribution is -0.119. The lowest BCUT2D eigenvalue weighted by atomic mass is 9.87. The van der Waals surface area contributed by atoms with Crippen LogP contribution < -0.4 is 10.6 Å². The van der Waals surface area contributed by atoms with Gasteiger partial charge in [-0.2, -0.15) is 0 Å². The van der Waals surface area contributed by atoms with Crippen molar-refractivity contribution in [3.63, 3.8) is 0 Å². The number of anilines is 1. The zero-order valence-corrected chi connectivity index (χ0v) is 17.5. The largest absolute Gasteiger partial charge is 0.381 e. The number of hydrogen-bond donors (Lipinski definition) is 2. The van der Waals surface area contributed by atoms with E-state index < -0.39 is 0 Å². The van der Waals surface area contributed by atoms with Crippen molar-refractivity contribution < 1.29 is 9.53 Å². The normalized spacial score (nSPS) is 23.2. The smallest absolute Gasteiger partial charge is 0.227 e. The molecule has 2 aliphatic heterocycles. The zero-order valence-electron chi connectivity index (χ0n) is 17.5. The third-order valence-corrected chi connectivity index (χ3v) is 5.92. The first-order valence-corrected chi connectivity index (χ1v) is 10.6. The quantitative estimate of drug-likeness (QED) is 0.582. The second-order valence-electron chi connectivity index (χ2n) is 8.14. The van der Waals surface area contributed by atoms with Gasteiger partial charge in [-0.1, -0.05) is 26.0 Å². The van der Waals surface area contributed by atoms with E-state index in [0.29, 0.717) is 12.0 Å². The standard InChI is InChI=1S/C22H34N4O2/c1-4-17(3)20(27)25-19-8-6-7-18(13-19)14-24-21(23-5-2)26-11-9-22(15-26)10-12-28-16-22/h6-8,13,17H,4-5,9-12,14-16H2,1-3H3,(H,23,24)(H,25,27). The molecule has 2 saturated heterocycles. The summed E-state index contributed by atoms with van der Waals surface area (Å²) in [6.07, 6.45) is 3.17. The zero-order chi connectivity index (χ0) is 20.0. The second-order valence-corrected chi connectivity index (χ2v) is 8.14. The van der Waals surface area contributed by atoms with Crippen LogP contribution in [0.2, 0.25) is 0 Å². The molecule has 6 nitrogen and oxygen atoms in total. The number of carbonyl (C=O) groups excluding carboxylic acids is 1. The highest BCUT2D eigenvalue weighted by atomic mass is 16.5. The molecule has 2 aliphatic rings. The highest BCUT2D eigenvalue weighted by Crippen LogP contribution is 2.38. The number of rotatable bonds is 6. The van der Waals surface area contributed by atoms with Gasteiger partial charge in [0.25, 0.3) is 0 Å². The van der Waals surface area contributed by atoms with Gasteiger partial charge in [0, 0.05) is 43.3 Å². The predicted molar refractivity (Wildman–Crippen MR) is 113 cm³/mol. The number of nitrogens with one attached hydrogen (secondary N) is 2. The van der Waals surface area contributed by atoms with Crippen molar-refractivity contribution in [2.75, 3.05) is 38.2 Å². The summed E-state index contributed by atoms with van der Waals surface area (Å²) in [5.41, 5.74) is 2.25. The Bertz CT molecular complexity index is 698. The Labute approximate surface area is 168 Å². The first-order chi connectivity index (χ1) is 13.5. The van der Waals surface area contributed by atoms with Crippen LogP contribution in [-0.4, -0.2) is 49.6 Å². The minimum absolute atomic E-state index is 0.0177. The van der Waals surface area contributed by atoms with Gasteiger partial charge in [0.05, 0.1) is 13.2 Å². The maximum Gasteiger partial charge on any atom is 0.227 e. The van der Waals surface area contributed by atoms with Crippen LogP contribution in [-0.2, 0) is 16.1 Å². The summed E-state index contributed by atoms with van der Waals surface area (Å²) in [7, 11) is 0. The van der Waals surface area contributed by atoms with Gasteiger partial charge in [-0.15, -0.1) is 0 Å². The van der Waals surface area contributed by atoms with Crippen LogP contribution in [0.5, 0.6) is 0 Å². The molecule has 0 aromatic heterocycles. The molecule has 1 amide bonds. The molecule has 28 heavy (non-hydrogen) atoms. The van der Waals surface area contributed by atoms with E-state index in [1.807, 2.05) is 32.0 Å². The summed E-state index contributed by atoms with van der Waals surface area (Å²) < 4.78 is 5.65. The maximum absolute atomic E-state index is 12.1. The Balaban J connectivity index is 1.64. The van der Waals surface area contributed by atoms with Gasteiger partial charge in [-0.05, 0) is 43.9 Å². The molecule has 2 heterocycles. The Hall–Kier alpha value is -2.08. The van der Waals surface area contributed by atoms with E-state index in [-0.39, 0.29) is 11.8 Å². The highest BCUT2D eigenvalue weighted by molar-refractivity contribution is 5.92. The van der Waals surface area contributed by atoms with Gasteiger partial charge in [0.2, 0.25) is 5.91 Å². The molecular formula is C22H34N4O2. The number of hydrogen-bond acceptors (Lipinski definition) is 3. The van der Waals surface area contributed by atoms with Crippen LogP contribution in [0, 0.1) is 11.3 Å². The van der Waals surface area contributed by atoms with Gasteiger partial charge < -0.3 is 20.3 Å². The Morgan fingerprint density at radius 3 is 2.93 bits per heavy atom. The van der Waals surface area contributed by atoms with Crippen molar-refractivity contribution in [3.05, 3.63) is 29.8 Å². The predicted octanol–water partition coefficient (Wildman–Crippen LogP) is 3.25. The summed E-state index contributed by atoms with van der Waals surface area (Å²) >= 11 is 0. The number of benzene rings is 1. The topological polar surface area (TPSA) is 66.0 Å². The van der Waals surface area contributed by atoms with E-state index in [1.54, 1.807) is 0 Å². The summed E-state index contributed by atoms with van der Waals surface area (Å²) in [5.74, 6) is 1.06. The molecule has 2 atom stereocenters. The van der Waals surface area contributed by atoms with Crippen LogP contribution in [0.3, 0.4) is 0 Å². The molecule has 1 aromatic rings. The van der Waals surface area contributed by atoms with Crippen molar-refractivity contribution in [2.45, 2.75) is 46.6 Å². The fraction of sp³-hybridized carbons (Fsp3) is 0.636. The summed E-state index contributed by atoms with van der Waals surface area (Å²) in [6, 6.07) is 7.99. The minimum atomic E-state index is 0.0177. The molecule has 1 aromatic carbocycles. The van der Waals surface area contributed by atoms with E-state index in [4.69, 9.17) is 9.73 Å². The molecule has 2 unspecified atom stereocenters. The molecule has 0 aliphatic carbocycles. The lowest BCUT2D eigenvalue weighted by Crippen LogP contribution is -2.41. The van der Waals surface area contributed by atoms with Crippen LogP contribution in [0.4, 0.5) is 5.69 Å². The molecular weight excluding hydrogens is 352 g/mol. The molecule has 154 valence electrons. The van der Waals surface area contributed by atoms with Gasteiger partial charge in [-0.3, -0.25) is 4.79 Å². The van der Waals surface area contributed by atoms with Crippen molar-refractivity contribution in [1.82, 2.24) is 10.2 Å². The van der Waals surface area contributed by atoms with Crippen molar-refractivity contribution in [2.24, 2.45) is 16.3 Å². The molecule has 1 spiro atoms. The fourth-order valence-electron chi connectivity index (χ4n) is 3.88.